The number of nitrogens with zero attached hydrogens (tertiary/aromatic N) is 1. The van der Waals surface area contributed by atoms with Gasteiger partial charge in [-0.05, 0) is 6.42 Å². The molecule has 1 fully saturated rings. The highest BCUT2D eigenvalue weighted by molar-refractivity contribution is 7.99. The minimum atomic E-state index is -3.09. The molecule has 13 heavy (non-hydrogen) atoms. The molecule has 0 bridgehead atoms. The van der Waals surface area contributed by atoms with E-state index < -0.39 is 10.0 Å². The van der Waals surface area contributed by atoms with Crippen LogP contribution in [0, 0.1) is 0 Å². The summed E-state index contributed by atoms with van der Waals surface area (Å²) in [5, 5.41) is 8.77. The third-order valence-electron chi connectivity index (χ3n) is 2.06. The fourth-order valence-corrected chi connectivity index (χ4v) is 3.92. The quantitative estimate of drug-likeness (QED) is 0.719. The third-order valence-corrected chi connectivity index (χ3v) is 4.49. The van der Waals surface area contributed by atoms with Gasteiger partial charge in [0.25, 0.3) is 0 Å². The number of rotatable bonds is 3. The molecule has 0 spiro atoms. The van der Waals surface area contributed by atoms with Crippen LogP contribution >= 0.6 is 11.8 Å². The molecule has 1 atom stereocenters. The first-order chi connectivity index (χ1) is 6.05. The molecule has 0 aromatic heterocycles. The highest BCUT2D eigenvalue weighted by Gasteiger charge is 2.28. The Morgan fingerprint density at radius 2 is 2.31 bits per heavy atom. The van der Waals surface area contributed by atoms with Gasteiger partial charge in [0.1, 0.15) is 0 Å². The Kier molecular flexibility index (Phi) is 4.03. The average Bonchev–Trinajstić information content (AvgIpc) is 2.04. The van der Waals surface area contributed by atoms with Crippen LogP contribution in [-0.2, 0) is 10.0 Å². The fourth-order valence-electron chi connectivity index (χ4n) is 1.45. The summed E-state index contributed by atoms with van der Waals surface area (Å²) in [4.78, 5) is 0. The second-order valence-electron chi connectivity index (χ2n) is 3.11. The number of hydrogen-bond donors (Lipinski definition) is 1. The minimum Gasteiger partial charge on any atom is -0.396 e. The molecule has 1 aliphatic rings. The maximum Gasteiger partial charge on any atom is 0.211 e. The Morgan fingerprint density at radius 1 is 1.62 bits per heavy atom. The number of sulfonamides is 1. The molecule has 0 aromatic carbocycles. The third kappa shape index (κ3) is 3.12. The Morgan fingerprint density at radius 3 is 2.85 bits per heavy atom. The normalized spacial score (nSPS) is 26.2. The van der Waals surface area contributed by atoms with Crippen molar-refractivity contribution in [2.75, 3.05) is 30.9 Å². The van der Waals surface area contributed by atoms with Gasteiger partial charge in [-0.15, -0.1) is 0 Å². The number of aliphatic hydroxyl groups is 1. The van der Waals surface area contributed by atoms with Gasteiger partial charge in [0.2, 0.25) is 10.0 Å². The van der Waals surface area contributed by atoms with Gasteiger partial charge in [-0.2, -0.15) is 16.1 Å². The molecule has 0 aliphatic carbocycles. The molecule has 4 nitrogen and oxygen atoms in total. The summed E-state index contributed by atoms with van der Waals surface area (Å²) in [5.41, 5.74) is 0. The SMILES string of the molecule is CS(=O)(=O)N1CCSCC1CCO. The molecular weight excluding hydrogens is 210 g/mol. The molecule has 1 N–H and O–H groups in total. The van der Waals surface area contributed by atoms with Crippen LogP contribution in [0.25, 0.3) is 0 Å². The van der Waals surface area contributed by atoms with Gasteiger partial charge in [-0.25, -0.2) is 8.42 Å². The van der Waals surface area contributed by atoms with Crippen LogP contribution in [0.2, 0.25) is 0 Å². The van der Waals surface area contributed by atoms with Crippen molar-refractivity contribution in [3.63, 3.8) is 0 Å². The van der Waals surface area contributed by atoms with E-state index in [0.29, 0.717) is 13.0 Å². The molecule has 0 aromatic rings. The Hall–Kier alpha value is 0.220. The first-order valence-corrected chi connectivity index (χ1v) is 7.21. The van der Waals surface area contributed by atoms with Crippen LogP contribution in [0.15, 0.2) is 0 Å². The van der Waals surface area contributed by atoms with E-state index in [0.717, 1.165) is 11.5 Å². The molecule has 78 valence electrons. The second kappa shape index (κ2) is 4.63. The van der Waals surface area contributed by atoms with E-state index in [1.165, 1.54) is 10.6 Å². The Balaban J connectivity index is 2.67. The van der Waals surface area contributed by atoms with Crippen LogP contribution in [0.4, 0.5) is 0 Å². The molecule has 0 saturated carbocycles. The van der Waals surface area contributed by atoms with E-state index in [9.17, 15) is 8.42 Å². The number of thioether (sulfide) groups is 1. The van der Waals surface area contributed by atoms with Crippen LogP contribution in [0.3, 0.4) is 0 Å². The lowest BCUT2D eigenvalue weighted by Gasteiger charge is -2.32. The summed E-state index contributed by atoms with van der Waals surface area (Å²) < 4.78 is 24.1. The minimum absolute atomic E-state index is 0.0150. The zero-order valence-corrected chi connectivity index (χ0v) is 9.27. The molecule has 1 saturated heterocycles. The summed E-state index contributed by atoms with van der Waals surface area (Å²) in [5.74, 6) is 1.66. The van der Waals surface area contributed by atoms with E-state index in [4.69, 9.17) is 5.11 Å². The molecule has 1 aliphatic heterocycles. The van der Waals surface area contributed by atoms with Gasteiger partial charge in [0, 0.05) is 30.7 Å². The van der Waals surface area contributed by atoms with Crippen molar-refractivity contribution in [1.29, 1.82) is 0 Å². The number of aliphatic hydroxyl groups excluding tert-OH is 1. The van der Waals surface area contributed by atoms with Crippen molar-refractivity contribution >= 4 is 21.8 Å². The zero-order chi connectivity index (χ0) is 9.90. The highest BCUT2D eigenvalue weighted by Crippen LogP contribution is 2.20. The van der Waals surface area contributed by atoms with Crippen LogP contribution < -0.4 is 0 Å². The van der Waals surface area contributed by atoms with E-state index in [-0.39, 0.29) is 12.6 Å². The smallest absolute Gasteiger partial charge is 0.211 e. The fraction of sp³-hybridized carbons (Fsp3) is 1.00. The summed E-state index contributed by atoms with van der Waals surface area (Å²) in [7, 11) is -3.09. The molecule has 6 heteroatoms. The topological polar surface area (TPSA) is 57.6 Å². The van der Waals surface area contributed by atoms with Gasteiger partial charge >= 0.3 is 0 Å². The Bertz CT molecular complexity index is 250. The summed E-state index contributed by atoms with van der Waals surface area (Å²) >= 11 is 1.75. The summed E-state index contributed by atoms with van der Waals surface area (Å²) in [6, 6.07) is -0.0150. The highest BCUT2D eigenvalue weighted by atomic mass is 32.2. The van der Waals surface area contributed by atoms with E-state index in [2.05, 4.69) is 0 Å². The molecule has 1 heterocycles. The molecule has 1 rings (SSSR count). The van der Waals surface area contributed by atoms with Gasteiger partial charge in [0.05, 0.1) is 6.26 Å². The van der Waals surface area contributed by atoms with Crippen molar-refractivity contribution in [3.8, 4) is 0 Å². The van der Waals surface area contributed by atoms with Crippen LogP contribution in [-0.4, -0.2) is 54.8 Å². The maximum atomic E-state index is 11.3. The zero-order valence-electron chi connectivity index (χ0n) is 7.64. The lowest BCUT2D eigenvalue weighted by Crippen LogP contribution is -2.45. The first-order valence-electron chi connectivity index (χ1n) is 4.21. The van der Waals surface area contributed by atoms with E-state index in [1.807, 2.05) is 0 Å². The molecule has 0 radical (unpaired) electrons. The van der Waals surface area contributed by atoms with Crippen LogP contribution in [0.1, 0.15) is 6.42 Å². The van der Waals surface area contributed by atoms with Crippen molar-refractivity contribution in [1.82, 2.24) is 4.31 Å². The van der Waals surface area contributed by atoms with Gasteiger partial charge < -0.3 is 5.11 Å². The largest absolute Gasteiger partial charge is 0.396 e. The molecule has 0 amide bonds. The van der Waals surface area contributed by atoms with Crippen molar-refractivity contribution < 1.29 is 13.5 Å². The van der Waals surface area contributed by atoms with Gasteiger partial charge in [0.15, 0.2) is 0 Å². The summed E-state index contributed by atoms with van der Waals surface area (Å²) in [6.45, 7) is 0.630. The standard InChI is InChI=1S/C7H15NO3S2/c1-13(10,11)8-3-5-12-6-7(8)2-4-9/h7,9H,2-6H2,1H3. The average molecular weight is 225 g/mol. The van der Waals surface area contributed by atoms with Crippen molar-refractivity contribution in [2.45, 2.75) is 12.5 Å². The van der Waals surface area contributed by atoms with Crippen LogP contribution in [0.5, 0.6) is 0 Å². The predicted octanol–water partition coefficient (Wildman–Crippen LogP) is -0.254. The first kappa shape index (κ1) is 11.3. The maximum absolute atomic E-state index is 11.3. The monoisotopic (exact) mass is 225 g/mol. The molecule has 1 unspecified atom stereocenters. The Labute approximate surface area is 83.4 Å². The van der Waals surface area contributed by atoms with E-state index in [1.54, 1.807) is 11.8 Å². The molecular formula is C7H15NO3S2. The number of hydrogen-bond acceptors (Lipinski definition) is 4. The lowest BCUT2D eigenvalue weighted by molar-refractivity contribution is 0.237. The van der Waals surface area contributed by atoms with E-state index >= 15 is 0 Å². The lowest BCUT2D eigenvalue weighted by atomic mass is 10.2. The summed E-state index contributed by atoms with van der Waals surface area (Å²) in [6.07, 6.45) is 1.77. The predicted molar refractivity (Wildman–Crippen MR) is 54.4 cm³/mol. The van der Waals surface area contributed by atoms with Gasteiger partial charge in [-0.3, -0.25) is 0 Å². The van der Waals surface area contributed by atoms with Gasteiger partial charge in [-0.1, -0.05) is 0 Å². The van der Waals surface area contributed by atoms with Crippen molar-refractivity contribution in [2.24, 2.45) is 0 Å². The second-order valence-corrected chi connectivity index (χ2v) is 6.20. The van der Waals surface area contributed by atoms with Crippen molar-refractivity contribution in [3.05, 3.63) is 0 Å².